The molecule has 2 fully saturated rings. The number of halogens is 2. The predicted molar refractivity (Wildman–Crippen MR) is 154 cm³/mol. The quantitative estimate of drug-likeness (QED) is 0.449. The number of rotatable bonds is 6. The fraction of sp³-hybridized carbons (Fsp3) is 0.467. The molecular formula is C30H35F2N7O3. The monoisotopic (exact) mass is 579 g/mol. The van der Waals surface area contributed by atoms with Gasteiger partial charge in [0.05, 0.1) is 55.4 Å². The number of fused-ring (bicyclic) bond motifs is 1. The van der Waals surface area contributed by atoms with E-state index in [1.165, 1.54) is 19.2 Å². The Bertz CT molecular complexity index is 1500. The first-order valence-electron chi connectivity index (χ1n) is 14.2. The summed E-state index contributed by atoms with van der Waals surface area (Å²) in [6.07, 6.45) is 8.52. The molecule has 1 saturated heterocycles. The molecule has 12 heteroatoms. The van der Waals surface area contributed by atoms with E-state index in [4.69, 9.17) is 15.2 Å². The number of carbonyl (C=O) groups excluding carboxylic acids is 1. The fourth-order valence-corrected chi connectivity index (χ4v) is 6.73. The van der Waals surface area contributed by atoms with Crippen molar-refractivity contribution in [1.82, 2.24) is 19.5 Å². The van der Waals surface area contributed by atoms with Crippen molar-refractivity contribution in [3.05, 3.63) is 59.9 Å². The van der Waals surface area contributed by atoms with E-state index in [-0.39, 0.29) is 53.1 Å². The zero-order valence-electron chi connectivity index (χ0n) is 23.8. The Morgan fingerprint density at radius 3 is 2.64 bits per heavy atom. The number of nitrogens with one attached hydrogen (secondary N) is 1. The topological polar surface area (TPSA) is 119 Å². The van der Waals surface area contributed by atoms with Crippen molar-refractivity contribution >= 4 is 23.8 Å². The zero-order valence-corrected chi connectivity index (χ0v) is 23.8. The minimum atomic E-state index is -0.665. The summed E-state index contributed by atoms with van der Waals surface area (Å²) >= 11 is 0. The second kappa shape index (κ2) is 11.4. The van der Waals surface area contributed by atoms with E-state index < -0.39 is 17.7 Å². The Kier molecular flexibility index (Phi) is 7.67. The van der Waals surface area contributed by atoms with Crippen molar-refractivity contribution in [3.63, 3.8) is 0 Å². The van der Waals surface area contributed by atoms with Gasteiger partial charge in [0.15, 0.2) is 0 Å². The second-order valence-electron chi connectivity index (χ2n) is 11.6. The van der Waals surface area contributed by atoms with Gasteiger partial charge in [-0.1, -0.05) is 13.0 Å². The molecule has 6 atom stereocenters. The molecule has 6 rings (SSSR count). The number of anilines is 1. The van der Waals surface area contributed by atoms with Crippen LogP contribution in [0, 0.1) is 29.4 Å². The lowest BCUT2D eigenvalue weighted by Gasteiger charge is -2.45. The molecule has 2 aromatic heterocycles. The summed E-state index contributed by atoms with van der Waals surface area (Å²) in [7, 11) is 3.10. The molecule has 10 nitrogen and oxygen atoms in total. The van der Waals surface area contributed by atoms with Gasteiger partial charge >= 0.3 is 6.09 Å². The third-order valence-electron chi connectivity index (χ3n) is 8.89. The molecule has 42 heavy (non-hydrogen) atoms. The van der Waals surface area contributed by atoms with E-state index >= 15 is 8.78 Å². The lowest BCUT2D eigenvalue weighted by atomic mass is 9.69. The van der Waals surface area contributed by atoms with Gasteiger partial charge in [-0.05, 0) is 54.5 Å². The predicted octanol–water partition coefficient (Wildman–Crippen LogP) is 4.22. The van der Waals surface area contributed by atoms with Crippen LogP contribution in [0.15, 0.2) is 47.7 Å². The molecule has 1 aliphatic carbocycles. The van der Waals surface area contributed by atoms with Gasteiger partial charge < -0.3 is 25.4 Å². The van der Waals surface area contributed by atoms with E-state index in [2.05, 4.69) is 33.4 Å². The molecule has 4 heterocycles. The first-order valence-corrected chi connectivity index (χ1v) is 14.2. The standard InChI is InChI=1S/C30H35F2N7O3/c1-16-8-18(11-24(33)28(16)38(2)30(40)41-3)21-6-7-34-13-26(21)36-29-35-12-20-4-5-25(37-39(20)29)27-22(31)9-17(10-23(27)32)19-14-42-15-19/h4-7,9-10,12-13,16,18-19,21,24,26,28H,8,11,14-15,33H2,1-3H3,(H,35,36)/t16-,18+,21?,24+,26?,28-/m0/s1. The summed E-state index contributed by atoms with van der Waals surface area (Å²) in [6, 6.07) is 5.49. The number of carbonyl (C=O) groups is 1. The van der Waals surface area contributed by atoms with Gasteiger partial charge in [0.25, 0.3) is 0 Å². The number of hydrogen-bond acceptors (Lipinski definition) is 8. The van der Waals surface area contributed by atoms with Crippen molar-refractivity contribution in [2.75, 3.05) is 32.7 Å². The molecule has 3 N–H and O–H groups in total. The highest BCUT2D eigenvalue weighted by molar-refractivity contribution is 5.72. The van der Waals surface area contributed by atoms with Gasteiger partial charge in [0.1, 0.15) is 11.6 Å². The van der Waals surface area contributed by atoms with E-state index in [9.17, 15) is 4.79 Å². The SMILES string of the molecule is COC(=O)N(C)[C@@H]1[C@H](N)C[C@H](C2C=CN=CC2Nc2ncc3ccc(-c4c(F)cc(C5COC5)cc4F)nn23)C[C@@H]1C. The van der Waals surface area contributed by atoms with Gasteiger partial charge in [0, 0.05) is 37.3 Å². The number of amides is 1. The molecule has 1 amide bonds. The average Bonchev–Trinajstić information content (AvgIpc) is 3.33. The minimum Gasteiger partial charge on any atom is -0.453 e. The summed E-state index contributed by atoms with van der Waals surface area (Å²) in [4.78, 5) is 22.7. The third kappa shape index (κ3) is 5.13. The molecule has 0 bridgehead atoms. The van der Waals surface area contributed by atoms with Crippen LogP contribution in [0.1, 0.15) is 31.2 Å². The molecule has 3 aliphatic rings. The van der Waals surface area contributed by atoms with Crippen molar-refractivity contribution in [3.8, 4) is 11.3 Å². The van der Waals surface area contributed by atoms with Crippen LogP contribution in [-0.4, -0.2) is 77.3 Å². The zero-order chi connectivity index (χ0) is 29.5. The first-order chi connectivity index (χ1) is 20.2. The number of ether oxygens (including phenoxy) is 2. The molecule has 222 valence electrons. The fourth-order valence-electron chi connectivity index (χ4n) is 6.73. The highest BCUT2D eigenvalue weighted by atomic mass is 19.1. The molecule has 2 unspecified atom stereocenters. The Morgan fingerprint density at radius 1 is 1.21 bits per heavy atom. The summed E-state index contributed by atoms with van der Waals surface area (Å²) in [5.41, 5.74) is 7.87. The van der Waals surface area contributed by atoms with Gasteiger partial charge in [-0.25, -0.2) is 18.6 Å². The lowest BCUT2D eigenvalue weighted by Crippen LogP contribution is -2.56. The lowest BCUT2D eigenvalue weighted by molar-refractivity contribution is 0.00822. The van der Waals surface area contributed by atoms with Crippen LogP contribution in [0.5, 0.6) is 0 Å². The van der Waals surface area contributed by atoms with Gasteiger partial charge in [0.2, 0.25) is 5.95 Å². The number of imidazole rings is 1. The maximum atomic E-state index is 15.2. The Morgan fingerprint density at radius 2 is 1.98 bits per heavy atom. The maximum absolute atomic E-state index is 15.2. The number of aromatic nitrogens is 3. The Hall–Kier alpha value is -3.90. The summed E-state index contributed by atoms with van der Waals surface area (Å²) < 4.78 is 42.0. The maximum Gasteiger partial charge on any atom is 0.409 e. The summed E-state index contributed by atoms with van der Waals surface area (Å²) in [5.74, 6) is -0.472. The Balaban J connectivity index is 1.23. The van der Waals surface area contributed by atoms with Crippen molar-refractivity contribution in [1.29, 1.82) is 0 Å². The van der Waals surface area contributed by atoms with Crippen molar-refractivity contribution in [2.45, 2.75) is 43.8 Å². The van der Waals surface area contributed by atoms with E-state index in [0.717, 1.165) is 6.42 Å². The van der Waals surface area contributed by atoms with Gasteiger partial charge in [-0.3, -0.25) is 4.99 Å². The highest BCUT2D eigenvalue weighted by Crippen LogP contribution is 2.39. The number of nitrogens with two attached hydrogens (primary N) is 1. The minimum absolute atomic E-state index is 0.00318. The number of likely N-dealkylation sites (N-methyl/N-ethyl adjacent to an activating group) is 1. The molecule has 0 radical (unpaired) electrons. The molecule has 1 aromatic carbocycles. The molecule has 3 aromatic rings. The van der Waals surface area contributed by atoms with Crippen molar-refractivity contribution in [2.24, 2.45) is 28.5 Å². The number of aliphatic imine (C=N–C) groups is 1. The smallest absolute Gasteiger partial charge is 0.409 e. The molecule has 0 spiro atoms. The summed E-state index contributed by atoms with van der Waals surface area (Å²) in [6.45, 7) is 3.03. The van der Waals surface area contributed by atoms with Gasteiger partial charge in [-0.15, -0.1) is 0 Å². The normalized spacial score (nSPS) is 27.6. The van der Waals surface area contributed by atoms with Crippen LogP contribution in [0.4, 0.5) is 19.5 Å². The van der Waals surface area contributed by atoms with Crippen LogP contribution >= 0.6 is 0 Å². The van der Waals surface area contributed by atoms with E-state index in [1.807, 2.05) is 6.21 Å². The average molecular weight is 580 g/mol. The van der Waals surface area contributed by atoms with Crippen LogP contribution in [-0.2, 0) is 9.47 Å². The summed E-state index contributed by atoms with van der Waals surface area (Å²) in [5, 5.41) is 8.02. The molecule has 2 aliphatic heterocycles. The number of hydrogen-bond donors (Lipinski definition) is 2. The number of methoxy groups -OCH3 is 1. The Labute approximate surface area is 242 Å². The van der Waals surface area contributed by atoms with Crippen LogP contribution in [0.2, 0.25) is 0 Å². The molecule has 1 saturated carbocycles. The van der Waals surface area contributed by atoms with E-state index in [1.54, 1.807) is 41.0 Å². The number of benzene rings is 1. The third-order valence-corrected chi connectivity index (χ3v) is 8.89. The first kappa shape index (κ1) is 28.2. The largest absolute Gasteiger partial charge is 0.453 e. The highest BCUT2D eigenvalue weighted by Gasteiger charge is 2.42. The van der Waals surface area contributed by atoms with Crippen LogP contribution < -0.4 is 11.1 Å². The van der Waals surface area contributed by atoms with Gasteiger partial charge in [-0.2, -0.15) is 9.61 Å². The molecular weight excluding hydrogens is 544 g/mol. The van der Waals surface area contributed by atoms with E-state index in [0.29, 0.717) is 36.7 Å². The second-order valence-corrected chi connectivity index (χ2v) is 11.6. The van der Waals surface area contributed by atoms with Crippen molar-refractivity contribution < 1.29 is 23.0 Å². The van der Waals surface area contributed by atoms with Crippen LogP contribution in [0.25, 0.3) is 16.8 Å². The number of nitrogens with zero attached hydrogens (tertiary/aromatic N) is 5. The van der Waals surface area contributed by atoms with Crippen LogP contribution in [0.3, 0.4) is 0 Å².